The predicted molar refractivity (Wildman–Crippen MR) is 146 cm³/mol. The summed E-state index contributed by atoms with van der Waals surface area (Å²) < 4.78 is 33.3. The molecule has 0 saturated carbocycles. The van der Waals surface area contributed by atoms with Crippen LogP contribution >= 0.6 is 11.3 Å². The summed E-state index contributed by atoms with van der Waals surface area (Å²) in [7, 11) is -4.11. The summed E-state index contributed by atoms with van der Waals surface area (Å²) in [6, 6.07) is 9.20. The molecule has 1 aromatic carbocycles. The Balaban J connectivity index is 2.17. The zero-order valence-electron chi connectivity index (χ0n) is 21.9. The van der Waals surface area contributed by atoms with Gasteiger partial charge in [-0.1, -0.05) is 77.6 Å². The van der Waals surface area contributed by atoms with Crippen LogP contribution in [0.1, 0.15) is 76.7 Å². The zero-order valence-corrected chi connectivity index (χ0v) is 23.5. The average molecular weight is 537 g/mol. The van der Waals surface area contributed by atoms with Crippen LogP contribution in [-0.2, 0) is 32.4 Å². The second-order valence-electron chi connectivity index (χ2n) is 9.39. The number of ether oxygens (including phenoxy) is 1. The van der Waals surface area contributed by atoms with E-state index in [1.54, 1.807) is 0 Å². The third kappa shape index (κ3) is 9.93. The molecule has 2 rings (SSSR count). The van der Waals surface area contributed by atoms with Crippen molar-refractivity contribution in [3.05, 3.63) is 40.8 Å². The zero-order chi connectivity index (χ0) is 26.6. The Labute approximate surface area is 220 Å². The number of sulfonamides is 1. The van der Waals surface area contributed by atoms with Gasteiger partial charge in [0.1, 0.15) is 4.21 Å². The molecular weight excluding hydrogens is 496 g/mol. The summed E-state index contributed by atoms with van der Waals surface area (Å²) in [6.45, 7) is 9.10. The molecule has 200 valence electrons. The molecule has 0 aliphatic rings. The van der Waals surface area contributed by atoms with E-state index in [1.165, 1.54) is 17.8 Å². The highest BCUT2D eigenvalue weighted by Crippen LogP contribution is 2.36. The normalized spacial score (nSPS) is 11.5. The maximum Gasteiger partial charge on any atom is 0.421 e. The van der Waals surface area contributed by atoms with Gasteiger partial charge in [-0.15, -0.1) is 11.3 Å². The van der Waals surface area contributed by atoms with Crippen LogP contribution in [0.4, 0.5) is 4.79 Å². The van der Waals surface area contributed by atoms with Crippen molar-refractivity contribution in [2.24, 2.45) is 5.92 Å². The van der Waals surface area contributed by atoms with E-state index in [9.17, 15) is 18.0 Å². The van der Waals surface area contributed by atoms with Crippen molar-refractivity contribution in [1.82, 2.24) is 10.0 Å². The SMILES string of the molecule is CCCCCCNC(=O)Cc1ccc(-c2cc(CC(C)C)sc2S(=O)(=O)NC(=O)OCCCC)cc1. The number of unbranched alkanes of at least 4 members (excludes halogenated alkanes) is 4. The molecule has 1 aromatic heterocycles. The Morgan fingerprint density at radius 2 is 1.69 bits per heavy atom. The van der Waals surface area contributed by atoms with E-state index in [0.717, 1.165) is 42.5 Å². The van der Waals surface area contributed by atoms with Crippen LogP contribution in [0.15, 0.2) is 34.5 Å². The van der Waals surface area contributed by atoms with Gasteiger partial charge in [0.15, 0.2) is 0 Å². The maximum absolute atomic E-state index is 13.1. The minimum absolute atomic E-state index is 0.0250. The van der Waals surface area contributed by atoms with Gasteiger partial charge in [0.05, 0.1) is 13.0 Å². The van der Waals surface area contributed by atoms with Gasteiger partial charge in [-0.3, -0.25) is 4.79 Å². The minimum Gasteiger partial charge on any atom is -0.449 e. The smallest absolute Gasteiger partial charge is 0.421 e. The van der Waals surface area contributed by atoms with Crippen LogP contribution < -0.4 is 10.0 Å². The van der Waals surface area contributed by atoms with Crippen molar-refractivity contribution in [3.8, 4) is 11.1 Å². The van der Waals surface area contributed by atoms with E-state index < -0.39 is 16.1 Å². The first-order chi connectivity index (χ1) is 17.2. The van der Waals surface area contributed by atoms with Crippen LogP contribution in [0.5, 0.6) is 0 Å². The van der Waals surface area contributed by atoms with E-state index >= 15 is 0 Å². The summed E-state index contributed by atoms with van der Waals surface area (Å²) in [5.74, 6) is 0.324. The second-order valence-corrected chi connectivity index (χ2v) is 12.4. The minimum atomic E-state index is -4.11. The van der Waals surface area contributed by atoms with Crippen molar-refractivity contribution < 1.29 is 22.7 Å². The average Bonchev–Trinajstić information content (AvgIpc) is 3.23. The third-order valence-corrected chi connectivity index (χ3v) is 8.54. The van der Waals surface area contributed by atoms with Crippen LogP contribution in [0.3, 0.4) is 0 Å². The molecule has 0 atom stereocenters. The number of amides is 2. The van der Waals surface area contributed by atoms with Crippen LogP contribution in [-0.4, -0.2) is 33.6 Å². The van der Waals surface area contributed by atoms with Crippen molar-refractivity contribution in [2.45, 2.75) is 83.3 Å². The molecule has 0 fully saturated rings. The Morgan fingerprint density at radius 1 is 1.00 bits per heavy atom. The molecule has 2 N–H and O–H groups in total. The Kier molecular flexibility index (Phi) is 12.4. The fourth-order valence-corrected chi connectivity index (χ4v) is 6.49. The molecule has 2 aromatic rings. The van der Waals surface area contributed by atoms with Crippen molar-refractivity contribution in [3.63, 3.8) is 0 Å². The van der Waals surface area contributed by atoms with Crippen LogP contribution in [0.2, 0.25) is 0 Å². The van der Waals surface area contributed by atoms with Gasteiger partial charge in [0.2, 0.25) is 5.91 Å². The molecule has 0 aliphatic heterocycles. The molecule has 0 unspecified atom stereocenters. The highest BCUT2D eigenvalue weighted by Gasteiger charge is 2.26. The molecule has 2 amide bonds. The Hall–Kier alpha value is -2.39. The molecular formula is C27H40N2O5S2. The standard InChI is InChI=1S/C27H40N2O5S2/c1-5-7-9-10-15-28-25(30)18-21-11-13-22(14-12-21)24-19-23(17-20(3)4)35-26(24)36(32,33)29-27(31)34-16-8-6-2/h11-14,19-20H,5-10,15-18H2,1-4H3,(H,28,30)(H,29,31). The fourth-order valence-electron chi connectivity index (χ4n) is 3.65. The van der Waals surface area contributed by atoms with Gasteiger partial charge < -0.3 is 10.1 Å². The number of benzene rings is 1. The quantitative estimate of drug-likeness (QED) is 0.269. The van der Waals surface area contributed by atoms with E-state index in [-0.39, 0.29) is 23.1 Å². The summed E-state index contributed by atoms with van der Waals surface area (Å²) in [5, 5.41) is 2.95. The Bertz CT molecular complexity index is 1080. The number of nitrogens with one attached hydrogen (secondary N) is 2. The van der Waals surface area contributed by atoms with Gasteiger partial charge in [-0.2, -0.15) is 0 Å². The van der Waals surface area contributed by atoms with E-state index in [2.05, 4.69) is 26.1 Å². The van der Waals surface area contributed by atoms with Crippen LogP contribution in [0, 0.1) is 5.92 Å². The molecule has 1 heterocycles. The lowest BCUT2D eigenvalue weighted by molar-refractivity contribution is -0.120. The van der Waals surface area contributed by atoms with Gasteiger partial charge in [0, 0.05) is 17.0 Å². The molecule has 0 spiro atoms. The number of hydrogen-bond acceptors (Lipinski definition) is 6. The van der Waals surface area contributed by atoms with Gasteiger partial charge >= 0.3 is 6.09 Å². The first kappa shape index (κ1) is 29.8. The highest BCUT2D eigenvalue weighted by molar-refractivity contribution is 7.92. The predicted octanol–water partition coefficient (Wildman–Crippen LogP) is 6.07. The number of carbonyl (C=O) groups is 2. The summed E-state index contributed by atoms with van der Waals surface area (Å²) >= 11 is 1.17. The molecule has 0 bridgehead atoms. The maximum atomic E-state index is 13.1. The third-order valence-electron chi connectivity index (χ3n) is 5.53. The van der Waals surface area contributed by atoms with E-state index in [1.807, 2.05) is 42.0 Å². The van der Waals surface area contributed by atoms with Gasteiger partial charge in [-0.05, 0) is 42.4 Å². The topological polar surface area (TPSA) is 102 Å². The first-order valence-corrected chi connectivity index (χ1v) is 15.1. The first-order valence-electron chi connectivity index (χ1n) is 12.8. The van der Waals surface area contributed by atoms with Crippen LogP contribution in [0.25, 0.3) is 11.1 Å². The van der Waals surface area contributed by atoms with E-state index in [4.69, 9.17) is 4.74 Å². The number of carbonyl (C=O) groups excluding carboxylic acids is 2. The van der Waals surface area contributed by atoms with Gasteiger partial charge in [-0.25, -0.2) is 17.9 Å². The molecule has 0 aliphatic carbocycles. The fraction of sp³-hybridized carbons (Fsp3) is 0.556. The lowest BCUT2D eigenvalue weighted by atomic mass is 10.0. The lowest BCUT2D eigenvalue weighted by Gasteiger charge is -2.09. The highest BCUT2D eigenvalue weighted by atomic mass is 32.2. The molecule has 0 saturated heterocycles. The molecule has 36 heavy (non-hydrogen) atoms. The number of rotatable bonds is 15. The van der Waals surface area contributed by atoms with Gasteiger partial charge in [0.25, 0.3) is 10.0 Å². The number of hydrogen-bond donors (Lipinski definition) is 2. The van der Waals surface area contributed by atoms with Crippen molar-refractivity contribution >= 4 is 33.4 Å². The van der Waals surface area contributed by atoms with E-state index in [0.29, 0.717) is 30.0 Å². The van der Waals surface area contributed by atoms with Crippen molar-refractivity contribution in [2.75, 3.05) is 13.2 Å². The molecule has 7 nitrogen and oxygen atoms in total. The number of thiophene rings is 1. The van der Waals surface area contributed by atoms with Crippen molar-refractivity contribution in [1.29, 1.82) is 0 Å². The monoisotopic (exact) mass is 536 g/mol. The largest absolute Gasteiger partial charge is 0.449 e. The Morgan fingerprint density at radius 3 is 2.33 bits per heavy atom. The summed E-state index contributed by atoms with van der Waals surface area (Å²) in [4.78, 5) is 25.2. The second kappa shape index (κ2) is 15.0. The molecule has 9 heteroatoms. The summed E-state index contributed by atoms with van der Waals surface area (Å²) in [5.41, 5.74) is 2.10. The lowest BCUT2D eigenvalue weighted by Crippen LogP contribution is -2.31. The molecule has 0 radical (unpaired) electrons. The summed E-state index contributed by atoms with van der Waals surface area (Å²) in [6.07, 6.45) is 5.96.